The third-order valence-electron chi connectivity index (χ3n) is 3.60. The second-order valence-corrected chi connectivity index (χ2v) is 7.27. The highest BCUT2D eigenvalue weighted by Crippen LogP contribution is 2.21. The van der Waals surface area contributed by atoms with Crippen LogP contribution in [0.15, 0.2) is 58.3 Å². The summed E-state index contributed by atoms with van der Waals surface area (Å²) in [6, 6.07) is 7.70. The van der Waals surface area contributed by atoms with Gasteiger partial charge in [-0.15, -0.1) is 17.9 Å². The van der Waals surface area contributed by atoms with Crippen LogP contribution in [0.5, 0.6) is 0 Å². The first-order valence-corrected chi connectivity index (χ1v) is 9.68. The van der Waals surface area contributed by atoms with Crippen molar-refractivity contribution in [2.24, 2.45) is 0 Å². The van der Waals surface area contributed by atoms with E-state index in [9.17, 15) is 14.0 Å². The number of fused-ring (bicyclic) bond motifs is 1. The number of nitrogens with zero attached hydrogens (tertiary/aromatic N) is 2. The summed E-state index contributed by atoms with van der Waals surface area (Å²) in [4.78, 5) is 29.8. The van der Waals surface area contributed by atoms with Gasteiger partial charge < -0.3 is 5.32 Å². The van der Waals surface area contributed by atoms with Crippen molar-refractivity contribution < 1.29 is 9.18 Å². The molecule has 0 bridgehead atoms. The van der Waals surface area contributed by atoms with Crippen molar-refractivity contribution >= 4 is 39.2 Å². The average molecular weight is 389 g/mol. The zero-order valence-electron chi connectivity index (χ0n) is 13.8. The maximum atomic E-state index is 12.9. The standard InChI is InChI=1S/C18H16FN3O2S2/c1-2-8-22-17(24)14-7-9-25-16(14)21-18(22)26-11-15(23)20-10-12-3-5-13(19)6-4-12/h2-7,9H,1,8,10-11H2,(H,20,23). The SMILES string of the molecule is C=CCn1c(SCC(=O)NCc2ccc(F)cc2)nc2sccc2c1=O. The van der Waals surface area contributed by atoms with Gasteiger partial charge >= 0.3 is 0 Å². The third-order valence-corrected chi connectivity index (χ3v) is 5.38. The number of nitrogens with one attached hydrogen (secondary N) is 1. The Kier molecular flexibility index (Phi) is 5.85. The van der Waals surface area contributed by atoms with E-state index in [0.717, 1.165) is 5.56 Å². The van der Waals surface area contributed by atoms with Crippen molar-refractivity contribution in [2.75, 3.05) is 5.75 Å². The summed E-state index contributed by atoms with van der Waals surface area (Å²) in [6.45, 7) is 4.32. The lowest BCUT2D eigenvalue weighted by molar-refractivity contribution is -0.118. The lowest BCUT2D eigenvalue weighted by Crippen LogP contribution is -2.26. The molecular weight excluding hydrogens is 373 g/mol. The number of carbonyl (C=O) groups is 1. The van der Waals surface area contributed by atoms with E-state index < -0.39 is 0 Å². The van der Waals surface area contributed by atoms with E-state index in [2.05, 4.69) is 16.9 Å². The fraction of sp³-hybridized carbons (Fsp3) is 0.167. The molecule has 5 nitrogen and oxygen atoms in total. The van der Waals surface area contributed by atoms with Crippen LogP contribution in [-0.2, 0) is 17.9 Å². The minimum atomic E-state index is -0.314. The van der Waals surface area contributed by atoms with Crippen molar-refractivity contribution in [2.45, 2.75) is 18.2 Å². The Balaban J connectivity index is 1.67. The Morgan fingerprint density at radius 3 is 2.85 bits per heavy atom. The van der Waals surface area contributed by atoms with Gasteiger partial charge in [0.2, 0.25) is 5.91 Å². The minimum Gasteiger partial charge on any atom is -0.351 e. The molecule has 134 valence electrons. The van der Waals surface area contributed by atoms with E-state index in [1.54, 1.807) is 24.3 Å². The Bertz CT molecular complexity index is 996. The summed E-state index contributed by atoms with van der Waals surface area (Å²) in [5.74, 6) is -0.377. The van der Waals surface area contributed by atoms with Crippen molar-refractivity contribution in [1.29, 1.82) is 0 Å². The van der Waals surface area contributed by atoms with E-state index in [1.165, 1.54) is 39.8 Å². The number of benzene rings is 1. The summed E-state index contributed by atoms with van der Waals surface area (Å²) in [5.41, 5.74) is 0.678. The summed E-state index contributed by atoms with van der Waals surface area (Å²) in [5, 5.41) is 5.65. The number of thioether (sulfide) groups is 1. The predicted molar refractivity (Wildman–Crippen MR) is 103 cm³/mol. The zero-order valence-corrected chi connectivity index (χ0v) is 15.4. The van der Waals surface area contributed by atoms with E-state index in [4.69, 9.17) is 0 Å². The maximum Gasteiger partial charge on any atom is 0.263 e. The van der Waals surface area contributed by atoms with Crippen LogP contribution in [0.2, 0.25) is 0 Å². The van der Waals surface area contributed by atoms with Crippen molar-refractivity contribution in [3.05, 3.63) is 70.1 Å². The normalized spacial score (nSPS) is 10.8. The summed E-state index contributed by atoms with van der Waals surface area (Å²) < 4.78 is 14.4. The number of thiophene rings is 1. The summed E-state index contributed by atoms with van der Waals surface area (Å²) in [7, 11) is 0. The van der Waals surface area contributed by atoms with Gasteiger partial charge in [0.25, 0.3) is 5.56 Å². The van der Waals surface area contributed by atoms with Gasteiger partial charge in [0, 0.05) is 13.1 Å². The molecule has 0 saturated carbocycles. The van der Waals surface area contributed by atoms with Gasteiger partial charge in [0.05, 0.1) is 11.1 Å². The van der Waals surface area contributed by atoms with E-state index >= 15 is 0 Å². The fourth-order valence-electron chi connectivity index (χ4n) is 2.31. The van der Waals surface area contributed by atoms with Crippen LogP contribution in [0.25, 0.3) is 10.2 Å². The molecule has 0 radical (unpaired) electrons. The second kappa shape index (κ2) is 8.29. The molecule has 2 aromatic heterocycles. The maximum absolute atomic E-state index is 12.9. The molecule has 0 saturated heterocycles. The molecule has 1 N–H and O–H groups in total. The molecule has 3 rings (SSSR count). The number of hydrogen-bond acceptors (Lipinski definition) is 5. The molecular formula is C18H16FN3O2S2. The Morgan fingerprint density at radius 2 is 2.12 bits per heavy atom. The minimum absolute atomic E-state index is 0.127. The van der Waals surface area contributed by atoms with Crippen LogP contribution in [0.1, 0.15) is 5.56 Å². The van der Waals surface area contributed by atoms with Crippen LogP contribution in [0.4, 0.5) is 4.39 Å². The third kappa shape index (κ3) is 4.20. The Labute approximate surface area is 157 Å². The van der Waals surface area contributed by atoms with Crippen molar-refractivity contribution in [3.63, 3.8) is 0 Å². The molecule has 0 atom stereocenters. The van der Waals surface area contributed by atoms with Gasteiger partial charge in [-0.25, -0.2) is 9.37 Å². The highest BCUT2D eigenvalue weighted by molar-refractivity contribution is 7.99. The zero-order chi connectivity index (χ0) is 18.5. The second-order valence-electron chi connectivity index (χ2n) is 5.43. The Morgan fingerprint density at radius 1 is 1.35 bits per heavy atom. The van der Waals surface area contributed by atoms with Crippen LogP contribution in [0.3, 0.4) is 0 Å². The number of aromatic nitrogens is 2. The number of amides is 1. The van der Waals surface area contributed by atoms with Crippen molar-refractivity contribution in [3.8, 4) is 0 Å². The van der Waals surface area contributed by atoms with Gasteiger partial charge in [-0.05, 0) is 29.1 Å². The lowest BCUT2D eigenvalue weighted by Gasteiger charge is -2.10. The molecule has 0 aliphatic carbocycles. The molecule has 0 aliphatic heterocycles. The highest BCUT2D eigenvalue weighted by atomic mass is 32.2. The molecule has 0 fully saturated rings. The highest BCUT2D eigenvalue weighted by Gasteiger charge is 2.13. The number of allylic oxidation sites excluding steroid dienone is 1. The predicted octanol–water partition coefficient (Wildman–Crippen LogP) is 3.19. The van der Waals surface area contributed by atoms with Crippen molar-refractivity contribution in [1.82, 2.24) is 14.9 Å². The molecule has 1 amide bonds. The summed E-state index contributed by atoms with van der Waals surface area (Å²) in [6.07, 6.45) is 1.62. The number of hydrogen-bond donors (Lipinski definition) is 1. The van der Waals surface area contributed by atoms with Crippen LogP contribution >= 0.6 is 23.1 Å². The summed E-state index contributed by atoms with van der Waals surface area (Å²) >= 11 is 2.59. The van der Waals surface area contributed by atoms with E-state index in [1.807, 2.05) is 5.38 Å². The van der Waals surface area contributed by atoms with Gasteiger partial charge in [0.15, 0.2) is 5.16 Å². The fourth-order valence-corrected chi connectivity index (χ4v) is 3.96. The quantitative estimate of drug-likeness (QED) is 0.383. The van der Waals surface area contributed by atoms with Gasteiger partial charge in [-0.3, -0.25) is 14.2 Å². The Hall–Kier alpha value is -2.45. The van der Waals surface area contributed by atoms with Gasteiger partial charge in [0.1, 0.15) is 10.6 Å². The molecule has 26 heavy (non-hydrogen) atoms. The number of carbonyl (C=O) groups excluding carboxylic acids is 1. The first-order valence-electron chi connectivity index (χ1n) is 7.81. The van der Waals surface area contributed by atoms with E-state index in [0.29, 0.717) is 28.5 Å². The molecule has 8 heteroatoms. The lowest BCUT2D eigenvalue weighted by atomic mass is 10.2. The molecule has 0 spiro atoms. The van der Waals surface area contributed by atoms with Gasteiger partial charge in [-0.2, -0.15) is 0 Å². The largest absolute Gasteiger partial charge is 0.351 e. The van der Waals surface area contributed by atoms with E-state index in [-0.39, 0.29) is 23.0 Å². The smallest absolute Gasteiger partial charge is 0.263 e. The molecule has 3 aromatic rings. The van der Waals surface area contributed by atoms with Crippen LogP contribution < -0.4 is 10.9 Å². The molecule has 2 heterocycles. The molecule has 0 unspecified atom stereocenters. The first-order chi connectivity index (χ1) is 12.6. The van der Waals surface area contributed by atoms with Gasteiger partial charge in [-0.1, -0.05) is 30.0 Å². The monoisotopic (exact) mass is 389 g/mol. The molecule has 0 aliphatic rings. The van der Waals surface area contributed by atoms with Crippen LogP contribution in [0, 0.1) is 5.82 Å². The average Bonchev–Trinajstić information content (AvgIpc) is 3.11. The number of halogens is 1. The van der Waals surface area contributed by atoms with Crippen LogP contribution in [-0.4, -0.2) is 21.2 Å². The topological polar surface area (TPSA) is 64.0 Å². The number of rotatable bonds is 7. The molecule has 1 aromatic carbocycles. The first kappa shape index (κ1) is 18.3.